The number of rotatable bonds is 6. The third kappa shape index (κ3) is 5.96. The summed E-state index contributed by atoms with van der Waals surface area (Å²) in [5, 5.41) is 2.86. The molecule has 9 heteroatoms. The molecule has 2 aromatic rings. The summed E-state index contributed by atoms with van der Waals surface area (Å²) in [5.74, 6) is -0.304. The Balaban J connectivity index is 1.82. The summed E-state index contributed by atoms with van der Waals surface area (Å²) < 4.78 is 45.8. The molecule has 0 unspecified atom stereocenters. The number of hydrogen-bond acceptors (Lipinski definition) is 4. The standard InChI is InChI=1S/C15H12ClF3N2O3/c16-11-3-1-2-4-12(11)23-8-13(22)21-10-5-6-14(20-7-10)24-9-15(17,18)19/h1-7H,8-9H2,(H,21,22). The molecule has 24 heavy (non-hydrogen) atoms. The highest BCUT2D eigenvalue weighted by Gasteiger charge is 2.28. The zero-order valence-electron chi connectivity index (χ0n) is 12.1. The van der Waals surface area contributed by atoms with Gasteiger partial charge in [-0.15, -0.1) is 0 Å². The van der Waals surface area contributed by atoms with Crippen molar-refractivity contribution in [2.24, 2.45) is 0 Å². The Bertz CT molecular complexity index is 693. The van der Waals surface area contributed by atoms with Gasteiger partial charge in [-0.2, -0.15) is 13.2 Å². The molecule has 0 aliphatic heterocycles. The minimum Gasteiger partial charge on any atom is -0.482 e. The van der Waals surface area contributed by atoms with E-state index in [-0.39, 0.29) is 12.5 Å². The van der Waals surface area contributed by atoms with E-state index in [2.05, 4.69) is 15.0 Å². The predicted octanol–water partition coefficient (Wildman–Crippen LogP) is 3.69. The van der Waals surface area contributed by atoms with E-state index in [4.69, 9.17) is 16.3 Å². The SMILES string of the molecule is O=C(COc1ccccc1Cl)Nc1ccc(OCC(F)(F)F)nc1. The molecule has 1 aromatic carbocycles. The summed E-state index contributed by atoms with van der Waals surface area (Å²) in [5.41, 5.74) is 0.294. The largest absolute Gasteiger partial charge is 0.482 e. The molecule has 0 spiro atoms. The number of alkyl halides is 3. The molecule has 1 heterocycles. The molecule has 128 valence electrons. The first-order valence-corrected chi connectivity index (χ1v) is 7.04. The second-order valence-corrected chi connectivity index (χ2v) is 4.96. The van der Waals surface area contributed by atoms with Crippen molar-refractivity contribution in [2.45, 2.75) is 6.18 Å². The Morgan fingerprint density at radius 3 is 2.54 bits per heavy atom. The van der Waals surface area contributed by atoms with Crippen LogP contribution in [0.4, 0.5) is 18.9 Å². The number of para-hydroxylation sites is 1. The van der Waals surface area contributed by atoms with Crippen molar-refractivity contribution < 1.29 is 27.4 Å². The van der Waals surface area contributed by atoms with E-state index < -0.39 is 18.7 Å². The number of anilines is 1. The van der Waals surface area contributed by atoms with E-state index in [1.54, 1.807) is 24.3 Å². The average molecular weight is 361 g/mol. The fourth-order valence-electron chi connectivity index (χ4n) is 1.60. The van der Waals surface area contributed by atoms with Crippen molar-refractivity contribution in [1.29, 1.82) is 0 Å². The van der Waals surface area contributed by atoms with Crippen LogP contribution in [0.15, 0.2) is 42.6 Å². The van der Waals surface area contributed by atoms with Crippen molar-refractivity contribution in [3.05, 3.63) is 47.6 Å². The molecule has 0 atom stereocenters. The highest BCUT2D eigenvalue weighted by atomic mass is 35.5. The predicted molar refractivity (Wildman–Crippen MR) is 81.4 cm³/mol. The minimum atomic E-state index is -4.44. The molecule has 0 bridgehead atoms. The van der Waals surface area contributed by atoms with Crippen molar-refractivity contribution in [3.8, 4) is 11.6 Å². The van der Waals surface area contributed by atoms with Crippen LogP contribution in [-0.4, -0.2) is 30.3 Å². The summed E-state index contributed by atoms with van der Waals surface area (Å²) in [4.78, 5) is 15.4. The third-order valence-corrected chi connectivity index (χ3v) is 2.91. The summed E-state index contributed by atoms with van der Waals surface area (Å²) in [6.45, 7) is -1.71. The van der Waals surface area contributed by atoms with Crippen molar-refractivity contribution in [3.63, 3.8) is 0 Å². The van der Waals surface area contributed by atoms with Crippen LogP contribution in [0.2, 0.25) is 5.02 Å². The zero-order chi connectivity index (χ0) is 17.6. The van der Waals surface area contributed by atoms with E-state index >= 15 is 0 Å². The van der Waals surface area contributed by atoms with E-state index in [9.17, 15) is 18.0 Å². The molecular weight excluding hydrogens is 349 g/mol. The van der Waals surface area contributed by atoms with E-state index in [1.807, 2.05) is 0 Å². The Labute approximate surface area is 140 Å². The molecule has 5 nitrogen and oxygen atoms in total. The van der Waals surface area contributed by atoms with Gasteiger partial charge in [-0.1, -0.05) is 23.7 Å². The summed E-state index contributed by atoms with van der Waals surface area (Å²) in [6, 6.07) is 9.26. The second kappa shape index (κ2) is 7.87. The van der Waals surface area contributed by atoms with Crippen molar-refractivity contribution in [1.82, 2.24) is 4.98 Å². The molecule has 0 radical (unpaired) electrons. The van der Waals surface area contributed by atoms with Crippen LogP contribution >= 0.6 is 11.6 Å². The zero-order valence-corrected chi connectivity index (χ0v) is 12.9. The number of carbonyl (C=O) groups excluding carboxylic acids is 1. The molecule has 0 aliphatic rings. The van der Waals surface area contributed by atoms with Gasteiger partial charge < -0.3 is 14.8 Å². The molecule has 1 N–H and O–H groups in total. The number of carbonyl (C=O) groups is 1. The fourth-order valence-corrected chi connectivity index (χ4v) is 1.79. The average Bonchev–Trinajstić information content (AvgIpc) is 2.53. The molecule has 0 fully saturated rings. The third-order valence-electron chi connectivity index (χ3n) is 2.60. The maximum Gasteiger partial charge on any atom is 0.422 e. The number of amides is 1. The van der Waals surface area contributed by atoms with Crippen LogP contribution < -0.4 is 14.8 Å². The highest BCUT2D eigenvalue weighted by molar-refractivity contribution is 6.32. The minimum absolute atomic E-state index is 0.197. The maximum atomic E-state index is 12.0. The van der Waals surface area contributed by atoms with Gasteiger partial charge in [-0.05, 0) is 18.2 Å². The number of nitrogens with one attached hydrogen (secondary N) is 1. The van der Waals surface area contributed by atoms with Gasteiger partial charge in [0.15, 0.2) is 13.2 Å². The number of ether oxygens (including phenoxy) is 2. The molecular formula is C15H12ClF3N2O3. The molecule has 0 aliphatic carbocycles. The van der Waals surface area contributed by atoms with Crippen LogP contribution in [-0.2, 0) is 4.79 Å². The van der Waals surface area contributed by atoms with Crippen LogP contribution in [0, 0.1) is 0 Å². The lowest BCUT2D eigenvalue weighted by atomic mass is 10.3. The Hall–Kier alpha value is -2.48. The van der Waals surface area contributed by atoms with Gasteiger partial charge in [-0.25, -0.2) is 4.98 Å². The normalized spacial score (nSPS) is 11.0. The Morgan fingerprint density at radius 1 is 1.17 bits per heavy atom. The van der Waals surface area contributed by atoms with E-state index in [1.165, 1.54) is 18.3 Å². The first-order valence-electron chi connectivity index (χ1n) is 6.66. The molecule has 0 saturated heterocycles. The number of halogens is 4. The number of aromatic nitrogens is 1. The maximum absolute atomic E-state index is 12.0. The first-order chi connectivity index (χ1) is 11.3. The van der Waals surface area contributed by atoms with Crippen LogP contribution in [0.3, 0.4) is 0 Å². The number of hydrogen-bond donors (Lipinski definition) is 1. The highest BCUT2D eigenvalue weighted by Crippen LogP contribution is 2.23. The first kappa shape index (κ1) is 17.9. The molecule has 1 amide bonds. The van der Waals surface area contributed by atoms with Crippen molar-refractivity contribution >= 4 is 23.2 Å². The number of nitrogens with zero attached hydrogens (tertiary/aromatic N) is 1. The Morgan fingerprint density at radius 2 is 1.92 bits per heavy atom. The lowest BCUT2D eigenvalue weighted by molar-refractivity contribution is -0.154. The lowest BCUT2D eigenvalue weighted by Gasteiger charge is -2.10. The molecule has 0 saturated carbocycles. The topological polar surface area (TPSA) is 60.5 Å². The van der Waals surface area contributed by atoms with Gasteiger partial charge in [-0.3, -0.25) is 4.79 Å². The summed E-state index contributed by atoms with van der Waals surface area (Å²) in [7, 11) is 0. The van der Waals surface area contributed by atoms with Gasteiger partial charge in [0, 0.05) is 6.07 Å². The van der Waals surface area contributed by atoms with Crippen LogP contribution in [0.5, 0.6) is 11.6 Å². The van der Waals surface area contributed by atoms with Gasteiger partial charge in [0.05, 0.1) is 16.9 Å². The van der Waals surface area contributed by atoms with Gasteiger partial charge in [0.2, 0.25) is 5.88 Å². The van der Waals surface area contributed by atoms with E-state index in [0.717, 1.165) is 0 Å². The molecule has 2 rings (SSSR count). The van der Waals surface area contributed by atoms with Crippen LogP contribution in [0.25, 0.3) is 0 Å². The lowest BCUT2D eigenvalue weighted by Crippen LogP contribution is -2.21. The van der Waals surface area contributed by atoms with Gasteiger partial charge in [0.1, 0.15) is 5.75 Å². The fraction of sp³-hybridized carbons (Fsp3) is 0.200. The number of benzene rings is 1. The summed E-state index contributed by atoms with van der Waals surface area (Å²) in [6.07, 6.45) is -3.26. The van der Waals surface area contributed by atoms with Crippen molar-refractivity contribution in [2.75, 3.05) is 18.5 Å². The van der Waals surface area contributed by atoms with Crippen LogP contribution in [0.1, 0.15) is 0 Å². The monoisotopic (exact) mass is 360 g/mol. The van der Waals surface area contributed by atoms with Gasteiger partial charge >= 0.3 is 6.18 Å². The smallest absolute Gasteiger partial charge is 0.422 e. The quantitative estimate of drug-likeness (QED) is 0.853. The number of pyridine rings is 1. The molecule has 1 aromatic heterocycles. The van der Waals surface area contributed by atoms with E-state index in [0.29, 0.717) is 16.5 Å². The summed E-state index contributed by atoms with van der Waals surface area (Å²) >= 11 is 5.89. The second-order valence-electron chi connectivity index (χ2n) is 4.56. The van der Waals surface area contributed by atoms with Gasteiger partial charge in [0.25, 0.3) is 5.91 Å². The Kier molecular flexibility index (Phi) is 5.86.